The smallest absolute Gasteiger partial charge is 0.334 e. The summed E-state index contributed by atoms with van der Waals surface area (Å²) in [5, 5.41) is 11.0. The molecule has 2 unspecified atom stereocenters. The predicted octanol–water partition coefficient (Wildman–Crippen LogP) is 5.24. The number of esters is 1. The van der Waals surface area contributed by atoms with Crippen LogP contribution in [0.2, 0.25) is 18.1 Å². The lowest BCUT2D eigenvalue weighted by Gasteiger charge is -2.37. The van der Waals surface area contributed by atoms with Gasteiger partial charge < -0.3 is 18.6 Å². The molecule has 0 radical (unpaired) electrons. The molecule has 0 aromatic heterocycles. The van der Waals surface area contributed by atoms with Gasteiger partial charge in [0, 0.05) is 16.9 Å². The predicted molar refractivity (Wildman–Crippen MR) is 127 cm³/mol. The van der Waals surface area contributed by atoms with Crippen molar-refractivity contribution in [1.29, 1.82) is 0 Å². The van der Waals surface area contributed by atoms with Gasteiger partial charge in [-0.3, -0.25) is 10.1 Å². The minimum absolute atomic E-state index is 0.0389. The van der Waals surface area contributed by atoms with E-state index in [4.69, 9.17) is 18.6 Å². The van der Waals surface area contributed by atoms with Gasteiger partial charge in [-0.05, 0) is 57.8 Å². The topological polar surface area (TPSA) is 97.1 Å². The summed E-state index contributed by atoms with van der Waals surface area (Å²) in [6.07, 6.45) is 1.90. The highest BCUT2D eigenvalue weighted by molar-refractivity contribution is 6.74. The Hall–Kier alpha value is -1.29. The maximum absolute atomic E-state index is 12.8. The molecule has 1 rings (SSSR count). The molecule has 0 amide bonds. The Morgan fingerprint density at radius 2 is 1.69 bits per heavy atom. The molecule has 32 heavy (non-hydrogen) atoms. The summed E-state index contributed by atoms with van der Waals surface area (Å²) in [6.45, 7) is 20.1. The van der Waals surface area contributed by atoms with Crippen molar-refractivity contribution in [3.8, 4) is 0 Å². The van der Waals surface area contributed by atoms with Crippen molar-refractivity contribution in [2.24, 2.45) is 0 Å². The fraction of sp³-hybridized carbons (Fsp3) is 0.870. The van der Waals surface area contributed by atoms with Crippen LogP contribution in [-0.2, 0) is 23.4 Å². The molecule has 0 N–H and O–H groups in total. The molecule has 0 saturated carbocycles. The zero-order chi connectivity index (χ0) is 25.0. The molecule has 1 saturated heterocycles. The Kier molecular flexibility index (Phi) is 9.66. The Morgan fingerprint density at radius 3 is 2.12 bits per heavy atom. The summed E-state index contributed by atoms with van der Waals surface area (Å²) >= 11 is 0. The standard InChI is InChI=1S/C23H43NO7Si/c1-11-23(12-2)29-18(19(30-23)16-28-32(9,10)22(6,7)8)15-17(13-14-24(26)27)20(25)31-21(3,4)5/h15,18-19H,11-14,16H2,1-10H3. The molecule has 0 bridgehead atoms. The molecule has 0 aromatic carbocycles. The van der Waals surface area contributed by atoms with Crippen LogP contribution < -0.4 is 0 Å². The minimum Gasteiger partial charge on any atom is -0.457 e. The second kappa shape index (κ2) is 10.8. The van der Waals surface area contributed by atoms with Gasteiger partial charge in [-0.25, -0.2) is 4.79 Å². The third kappa shape index (κ3) is 8.24. The monoisotopic (exact) mass is 473 g/mol. The van der Waals surface area contributed by atoms with E-state index in [9.17, 15) is 14.9 Å². The van der Waals surface area contributed by atoms with Gasteiger partial charge in [0.05, 0.1) is 6.61 Å². The summed E-state index contributed by atoms with van der Waals surface area (Å²) in [5.74, 6) is -1.34. The van der Waals surface area contributed by atoms with E-state index in [2.05, 4.69) is 33.9 Å². The van der Waals surface area contributed by atoms with Crippen LogP contribution in [0.1, 0.15) is 74.7 Å². The van der Waals surface area contributed by atoms with Gasteiger partial charge in [0.25, 0.3) is 0 Å². The Labute approximate surface area is 194 Å². The molecular formula is C23H43NO7Si. The molecule has 1 heterocycles. The van der Waals surface area contributed by atoms with Crippen molar-refractivity contribution in [3.63, 3.8) is 0 Å². The summed E-state index contributed by atoms with van der Waals surface area (Å²) in [7, 11) is -2.03. The molecular weight excluding hydrogens is 430 g/mol. The van der Waals surface area contributed by atoms with Crippen LogP contribution in [0.15, 0.2) is 11.6 Å². The van der Waals surface area contributed by atoms with Gasteiger partial charge in [0.15, 0.2) is 14.1 Å². The second-order valence-electron chi connectivity index (χ2n) is 10.9. The molecule has 8 nitrogen and oxygen atoms in total. The first-order chi connectivity index (χ1) is 14.5. The molecule has 0 aliphatic carbocycles. The van der Waals surface area contributed by atoms with Crippen LogP contribution in [0.5, 0.6) is 0 Å². The molecule has 2 atom stereocenters. The molecule has 1 aliphatic heterocycles. The molecule has 9 heteroatoms. The fourth-order valence-electron chi connectivity index (χ4n) is 3.06. The number of hydrogen-bond donors (Lipinski definition) is 0. The van der Waals surface area contributed by atoms with Crippen LogP contribution in [0.4, 0.5) is 0 Å². The van der Waals surface area contributed by atoms with Gasteiger partial charge in [-0.15, -0.1) is 0 Å². The van der Waals surface area contributed by atoms with Gasteiger partial charge in [-0.1, -0.05) is 34.6 Å². The quantitative estimate of drug-likeness (QED) is 0.141. The number of rotatable bonds is 10. The first-order valence-electron chi connectivity index (χ1n) is 11.5. The zero-order valence-corrected chi connectivity index (χ0v) is 22.6. The highest BCUT2D eigenvalue weighted by atomic mass is 28.4. The zero-order valence-electron chi connectivity index (χ0n) is 21.6. The first kappa shape index (κ1) is 28.7. The van der Waals surface area contributed by atoms with Crippen molar-refractivity contribution < 1.29 is 28.4 Å². The van der Waals surface area contributed by atoms with Crippen molar-refractivity contribution in [2.45, 2.75) is 116 Å². The minimum atomic E-state index is -2.03. The van der Waals surface area contributed by atoms with Crippen LogP contribution in [0, 0.1) is 10.1 Å². The Bertz CT molecular complexity index is 687. The van der Waals surface area contributed by atoms with Crippen LogP contribution >= 0.6 is 0 Å². The van der Waals surface area contributed by atoms with Gasteiger partial charge in [-0.2, -0.15) is 0 Å². The lowest BCUT2D eigenvalue weighted by Crippen LogP contribution is -2.44. The number of nitrogens with zero attached hydrogens (tertiary/aromatic N) is 1. The molecule has 1 fully saturated rings. The van der Waals surface area contributed by atoms with E-state index in [1.165, 1.54) is 0 Å². The molecule has 1 aliphatic rings. The lowest BCUT2D eigenvalue weighted by molar-refractivity contribution is -0.479. The molecule has 0 aromatic rings. The normalized spacial score (nSPS) is 22.1. The number of carbonyl (C=O) groups is 1. The fourth-order valence-corrected chi connectivity index (χ4v) is 4.08. The van der Waals surface area contributed by atoms with Crippen molar-refractivity contribution in [3.05, 3.63) is 21.8 Å². The average Bonchev–Trinajstić information content (AvgIpc) is 2.99. The van der Waals surface area contributed by atoms with E-state index in [1.54, 1.807) is 26.8 Å². The largest absolute Gasteiger partial charge is 0.457 e. The van der Waals surface area contributed by atoms with Crippen molar-refractivity contribution in [2.75, 3.05) is 13.2 Å². The van der Waals surface area contributed by atoms with E-state index in [-0.39, 0.29) is 23.6 Å². The number of nitro groups is 1. The van der Waals surface area contributed by atoms with Gasteiger partial charge in [0.1, 0.15) is 17.8 Å². The Balaban J connectivity index is 3.23. The van der Waals surface area contributed by atoms with E-state index in [1.807, 2.05) is 13.8 Å². The van der Waals surface area contributed by atoms with Crippen LogP contribution in [0.3, 0.4) is 0 Å². The van der Waals surface area contributed by atoms with Crippen LogP contribution in [-0.4, -0.2) is 56.0 Å². The van der Waals surface area contributed by atoms with Crippen molar-refractivity contribution >= 4 is 14.3 Å². The van der Waals surface area contributed by atoms with E-state index >= 15 is 0 Å². The maximum Gasteiger partial charge on any atom is 0.334 e. The maximum atomic E-state index is 12.8. The van der Waals surface area contributed by atoms with Crippen LogP contribution in [0.25, 0.3) is 0 Å². The van der Waals surface area contributed by atoms with E-state index in [0.29, 0.717) is 19.4 Å². The average molecular weight is 474 g/mol. The summed E-state index contributed by atoms with van der Waals surface area (Å²) in [5.41, 5.74) is -0.482. The summed E-state index contributed by atoms with van der Waals surface area (Å²) in [6, 6.07) is 0. The first-order valence-corrected chi connectivity index (χ1v) is 14.4. The Morgan fingerprint density at radius 1 is 1.12 bits per heavy atom. The molecule has 186 valence electrons. The third-order valence-corrected chi connectivity index (χ3v) is 10.7. The number of carbonyl (C=O) groups excluding carboxylic acids is 1. The SMILES string of the molecule is CCC1(CC)OC(C=C(CC[N+](=O)[O-])C(=O)OC(C)(C)C)C(CO[Si](C)(C)C(C)(C)C)O1. The highest BCUT2D eigenvalue weighted by Crippen LogP contribution is 2.39. The number of ether oxygens (including phenoxy) is 3. The van der Waals surface area contributed by atoms with E-state index in [0.717, 1.165) is 0 Å². The third-order valence-electron chi connectivity index (χ3n) is 6.17. The van der Waals surface area contributed by atoms with Crippen molar-refractivity contribution in [1.82, 2.24) is 0 Å². The highest BCUT2D eigenvalue weighted by Gasteiger charge is 2.46. The second-order valence-corrected chi connectivity index (χ2v) is 15.7. The summed E-state index contributed by atoms with van der Waals surface area (Å²) < 4.78 is 24.5. The van der Waals surface area contributed by atoms with E-state index < -0.39 is 42.8 Å². The van der Waals surface area contributed by atoms with Gasteiger partial charge >= 0.3 is 5.97 Å². The van der Waals surface area contributed by atoms with Gasteiger partial charge in [0.2, 0.25) is 6.54 Å². The molecule has 0 spiro atoms. The summed E-state index contributed by atoms with van der Waals surface area (Å²) in [4.78, 5) is 23.3. The lowest BCUT2D eigenvalue weighted by atomic mass is 10.1. The number of hydrogen-bond acceptors (Lipinski definition) is 7.